The maximum atomic E-state index is 5.73. The average molecular weight is 345 g/mol. The van der Waals surface area contributed by atoms with Crippen molar-refractivity contribution < 1.29 is 4.74 Å². The van der Waals surface area contributed by atoms with Crippen molar-refractivity contribution in [2.75, 3.05) is 24.7 Å². The van der Waals surface area contributed by atoms with Crippen LogP contribution in [0.15, 0.2) is 36.4 Å². The summed E-state index contributed by atoms with van der Waals surface area (Å²) in [6, 6.07) is 13.5. The summed E-state index contributed by atoms with van der Waals surface area (Å²) in [5.74, 6) is 4.25. The van der Waals surface area contributed by atoms with Crippen LogP contribution in [-0.4, -0.2) is 24.7 Å². The van der Waals surface area contributed by atoms with Crippen LogP contribution in [0.3, 0.4) is 0 Å². The Labute approximate surface area is 148 Å². The summed E-state index contributed by atoms with van der Waals surface area (Å²) >= 11 is 3.95. The molecule has 2 aromatic carbocycles. The number of hydrogen-bond acceptors (Lipinski definition) is 3. The van der Waals surface area contributed by atoms with Crippen molar-refractivity contribution in [2.45, 2.75) is 25.4 Å². The topological polar surface area (TPSA) is 9.23 Å². The van der Waals surface area contributed by atoms with Gasteiger partial charge in [-0.25, -0.2) is 0 Å². The summed E-state index contributed by atoms with van der Waals surface area (Å²) in [6.45, 7) is 6.21. The summed E-state index contributed by atoms with van der Waals surface area (Å²) in [5, 5.41) is 0. The van der Waals surface area contributed by atoms with Gasteiger partial charge in [-0.1, -0.05) is 36.4 Å². The maximum absolute atomic E-state index is 5.73. The molecule has 0 saturated carbocycles. The van der Waals surface area contributed by atoms with Crippen LogP contribution in [0.5, 0.6) is 0 Å². The molecule has 0 fully saturated rings. The third-order valence-corrected chi connectivity index (χ3v) is 6.17. The van der Waals surface area contributed by atoms with Crippen molar-refractivity contribution in [3.05, 3.63) is 58.7 Å². The zero-order valence-electron chi connectivity index (χ0n) is 13.9. The van der Waals surface area contributed by atoms with Gasteiger partial charge in [0.15, 0.2) is 0 Å². The molecule has 0 atom stereocenters. The van der Waals surface area contributed by atoms with E-state index in [-0.39, 0.29) is 0 Å². The predicted octanol–water partition coefficient (Wildman–Crippen LogP) is 5.47. The molecule has 1 heterocycles. The molecular weight excluding hydrogens is 320 g/mol. The molecule has 122 valence electrons. The highest BCUT2D eigenvalue weighted by Gasteiger charge is 2.15. The number of aryl methyl sites for hydroxylation is 2. The van der Waals surface area contributed by atoms with Crippen molar-refractivity contribution in [3.63, 3.8) is 0 Å². The Hall–Kier alpha value is -0.900. The molecule has 23 heavy (non-hydrogen) atoms. The third-order valence-electron chi connectivity index (χ3n) is 4.23. The fourth-order valence-electron chi connectivity index (χ4n) is 3.12. The Balaban J connectivity index is 2.09. The highest BCUT2D eigenvalue weighted by atomic mass is 32.2. The van der Waals surface area contributed by atoms with Crippen LogP contribution >= 0.6 is 23.5 Å². The van der Waals surface area contributed by atoms with Crippen LogP contribution in [0.4, 0.5) is 0 Å². The Bertz CT molecular complexity index is 609. The van der Waals surface area contributed by atoms with Gasteiger partial charge in [0, 0.05) is 23.0 Å². The molecule has 0 radical (unpaired) electrons. The van der Waals surface area contributed by atoms with Crippen molar-refractivity contribution in [1.82, 2.24) is 0 Å². The van der Waals surface area contributed by atoms with E-state index in [1.165, 1.54) is 33.4 Å². The lowest BCUT2D eigenvalue weighted by Gasteiger charge is -2.18. The molecule has 1 nitrogen and oxygen atoms in total. The van der Waals surface area contributed by atoms with E-state index in [2.05, 4.69) is 50.2 Å². The van der Waals surface area contributed by atoms with E-state index in [0.29, 0.717) is 0 Å². The SMILES string of the molecule is Cc1cccc2c1-c1c(C)cccc1CSCCOCCSC2. The second-order valence-corrected chi connectivity index (χ2v) is 8.15. The summed E-state index contributed by atoms with van der Waals surface area (Å²) in [7, 11) is 0. The van der Waals surface area contributed by atoms with Gasteiger partial charge < -0.3 is 4.74 Å². The number of rotatable bonds is 0. The first-order valence-electron chi connectivity index (χ1n) is 8.18. The average Bonchev–Trinajstić information content (AvgIpc) is 2.56. The first kappa shape index (κ1) is 16.9. The summed E-state index contributed by atoms with van der Waals surface area (Å²) < 4.78 is 5.73. The highest BCUT2D eigenvalue weighted by Crippen LogP contribution is 2.36. The van der Waals surface area contributed by atoms with Crippen molar-refractivity contribution in [3.8, 4) is 11.1 Å². The van der Waals surface area contributed by atoms with Gasteiger partial charge in [-0.3, -0.25) is 0 Å². The second-order valence-electron chi connectivity index (χ2n) is 5.94. The second kappa shape index (κ2) is 8.27. The van der Waals surface area contributed by atoms with Gasteiger partial charge in [-0.05, 0) is 47.2 Å². The number of ether oxygens (including phenoxy) is 1. The van der Waals surface area contributed by atoms with Gasteiger partial charge in [0.1, 0.15) is 0 Å². The van der Waals surface area contributed by atoms with Crippen molar-refractivity contribution in [2.24, 2.45) is 0 Å². The summed E-state index contributed by atoms with van der Waals surface area (Å²) in [5.41, 5.74) is 8.58. The van der Waals surface area contributed by atoms with E-state index in [1.807, 2.05) is 23.5 Å². The lowest BCUT2D eigenvalue weighted by atomic mass is 9.89. The van der Waals surface area contributed by atoms with Gasteiger partial charge in [0.05, 0.1) is 13.2 Å². The van der Waals surface area contributed by atoms with Crippen LogP contribution in [0.25, 0.3) is 11.1 Å². The van der Waals surface area contributed by atoms with Gasteiger partial charge in [-0.15, -0.1) is 0 Å². The van der Waals surface area contributed by atoms with Crippen molar-refractivity contribution in [1.29, 1.82) is 0 Å². The van der Waals surface area contributed by atoms with E-state index in [1.54, 1.807) is 0 Å². The minimum atomic E-state index is 0.859. The van der Waals surface area contributed by atoms with Crippen LogP contribution in [-0.2, 0) is 16.2 Å². The molecule has 3 heteroatoms. The quantitative estimate of drug-likeness (QED) is 0.627. The number of benzene rings is 2. The van der Waals surface area contributed by atoms with E-state index in [9.17, 15) is 0 Å². The lowest BCUT2D eigenvalue weighted by molar-refractivity contribution is 0.167. The van der Waals surface area contributed by atoms with E-state index >= 15 is 0 Å². The monoisotopic (exact) mass is 344 g/mol. The van der Waals surface area contributed by atoms with Gasteiger partial charge in [0.25, 0.3) is 0 Å². The Morgan fingerprint density at radius 3 is 1.70 bits per heavy atom. The normalized spacial score (nSPS) is 16.4. The molecule has 0 aliphatic carbocycles. The molecule has 3 rings (SSSR count). The Morgan fingerprint density at radius 2 is 1.22 bits per heavy atom. The summed E-state index contributed by atoms with van der Waals surface area (Å²) in [6.07, 6.45) is 0. The van der Waals surface area contributed by atoms with Crippen LogP contribution < -0.4 is 0 Å². The van der Waals surface area contributed by atoms with Crippen LogP contribution in [0.1, 0.15) is 22.3 Å². The van der Waals surface area contributed by atoms with Gasteiger partial charge >= 0.3 is 0 Å². The fourth-order valence-corrected chi connectivity index (χ4v) is 4.80. The minimum absolute atomic E-state index is 0.859. The molecule has 0 N–H and O–H groups in total. The molecule has 0 bridgehead atoms. The van der Waals surface area contributed by atoms with E-state index in [0.717, 1.165) is 36.2 Å². The third kappa shape index (κ3) is 4.14. The van der Waals surface area contributed by atoms with E-state index < -0.39 is 0 Å². The van der Waals surface area contributed by atoms with Gasteiger partial charge in [-0.2, -0.15) is 23.5 Å². The lowest BCUT2D eigenvalue weighted by Crippen LogP contribution is -2.01. The van der Waals surface area contributed by atoms with Crippen LogP contribution in [0.2, 0.25) is 0 Å². The predicted molar refractivity (Wildman–Crippen MR) is 104 cm³/mol. The number of fused-ring (bicyclic) bond motifs is 3. The van der Waals surface area contributed by atoms with Gasteiger partial charge in [0.2, 0.25) is 0 Å². The largest absolute Gasteiger partial charge is 0.380 e. The molecule has 2 aromatic rings. The Morgan fingerprint density at radius 1 is 0.739 bits per heavy atom. The molecular formula is C20H24OS2. The standard InChI is InChI=1S/C20H24OS2/c1-15-5-3-7-17-13-22-11-9-21-10-12-23-14-18-8-4-6-16(2)20(18)19(15)17/h3-8H,9-14H2,1-2H3. The molecule has 1 aliphatic heterocycles. The number of thioether (sulfide) groups is 2. The molecule has 0 spiro atoms. The molecule has 1 aliphatic rings. The van der Waals surface area contributed by atoms with Crippen molar-refractivity contribution >= 4 is 23.5 Å². The molecule has 0 amide bonds. The molecule has 0 unspecified atom stereocenters. The zero-order valence-corrected chi connectivity index (χ0v) is 15.6. The van der Waals surface area contributed by atoms with E-state index in [4.69, 9.17) is 4.74 Å². The minimum Gasteiger partial charge on any atom is -0.380 e. The highest BCUT2D eigenvalue weighted by molar-refractivity contribution is 7.98. The Kier molecular flexibility index (Phi) is 6.09. The van der Waals surface area contributed by atoms with Crippen LogP contribution in [0, 0.1) is 13.8 Å². The first-order chi connectivity index (χ1) is 11.3. The molecule has 0 aromatic heterocycles. The fraction of sp³-hybridized carbons (Fsp3) is 0.400. The maximum Gasteiger partial charge on any atom is 0.0557 e. The number of hydrogen-bond donors (Lipinski definition) is 0. The smallest absolute Gasteiger partial charge is 0.0557 e. The molecule has 0 saturated heterocycles. The summed E-state index contributed by atoms with van der Waals surface area (Å²) in [4.78, 5) is 0. The first-order valence-corrected chi connectivity index (χ1v) is 10.5. The zero-order chi connectivity index (χ0) is 16.1.